The Morgan fingerprint density at radius 1 is 1.54 bits per heavy atom. The van der Waals surface area contributed by atoms with E-state index in [1.165, 1.54) is 0 Å². The zero-order chi connectivity index (χ0) is 10.7. The minimum absolute atomic E-state index is 0.266. The van der Waals surface area contributed by atoms with E-state index in [1.807, 2.05) is 0 Å². The van der Waals surface area contributed by atoms with Crippen molar-refractivity contribution in [1.82, 2.24) is 0 Å². The van der Waals surface area contributed by atoms with Crippen LogP contribution in [0.4, 0.5) is 0 Å². The molecule has 0 spiro atoms. The average Bonchev–Trinajstić information content (AvgIpc) is 1.82. The maximum atomic E-state index is 11.0. The summed E-state index contributed by atoms with van der Waals surface area (Å²) in [6.07, 6.45) is -0.443. The van der Waals surface area contributed by atoms with E-state index in [0.717, 1.165) is 0 Å². The molecule has 5 nitrogen and oxygen atoms in total. The quantitative estimate of drug-likeness (QED) is 0.452. The van der Waals surface area contributed by atoms with E-state index in [0.29, 0.717) is 0 Å². The third kappa shape index (κ3) is 7.19. The lowest BCUT2D eigenvalue weighted by Crippen LogP contribution is -2.27. The Kier molecular flexibility index (Phi) is 4.59. The van der Waals surface area contributed by atoms with Crippen molar-refractivity contribution < 1.29 is 23.9 Å². The molecule has 0 saturated carbocycles. The summed E-state index contributed by atoms with van der Waals surface area (Å²) in [5, 5.41) is 0. The first kappa shape index (κ1) is 13.1. The summed E-state index contributed by atoms with van der Waals surface area (Å²) in [6.45, 7) is 2.91. The van der Waals surface area contributed by atoms with Gasteiger partial charge in [-0.05, 0) is 13.8 Å². The molecule has 0 aromatic carbocycles. The van der Waals surface area contributed by atoms with Crippen LogP contribution in [0.2, 0.25) is 0 Å². The average molecular weight is 275 g/mol. The van der Waals surface area contributed by atoms with E-state index in [2.05, 4.69) is 20.7 Å². The van der Waals surface area contributed by atoms with Crippen LogP contribution < -0.4 is 0 Å². The molecule has 0 fully saturated rings. The predicted molar refractivity (Wildman–Crippen MR) is 50.9 cm³/mol. The van der Waals surface area contributed by atoms with E-state index in [-0.39, 0.29) is 6.61 Å². The highest BCUT2D eigenvalue weighted by molar-refractivity contribution is 9.10. The lowest BCUT2D eigenvalue weighted by molar-refractivity contribution is -0.144. The minimum atomic E-state index is -4.07. The summed E-state index contributed by atoms with van der Waals surface area (Å²) in [6, 6.07) is 0. The molecule has 0 aromatic rings. The van der Waals surface area contributed by atoms with Gasteiger partial charge in [0.2, 0.25) is 0 Å². The van der Waals surface area contributed by atoms with Gasteiger partial charge in [-0.25, -0.2) is 0 Å². The molecular formula is C6H12BrO5P. The van der Waals surface area contributed by atoms with E-state index < -0.39 is 24.1 Å². The molecule has 0 atom stereocenters. The summed E-state index contributed by atoms with van der Waals surface area (Å²) < 4.78 is 14.1. The minimum Gasteiger partial charge on any atom is -0.464 e. The normalized spacial score (nSPS) is 12.7. The first-order valence-corrected chi connectivity index (χ1v) is 6.13. The number of carbonyl (C=O) groups excluding carboxylic acids is 1. The number of hydrogen-bond donors (Lipinski definition) is 2. The fourth-order valence-corrected chi connectivity index (χ4v) is 0.872. The topological polar surface area (TPSA) is 83.8 Å². The predicted octanol–water partition coefficient (Wildman–Crippen LogP) is 0.881. The molecule has 0 amide bonds. The number of alkyl halides is 1. The van der Waals surface area contributed by atoms with Gasteiger partial charge in [-0.15, -0.1) is 0 Å². The Morgan fingerprint density at radius 3 is 2.31 bits per heavy atom. The molecule has 0 rings (SSSR count). The molecule has 7 heteroatoms. The van der Waals surface area contributed by atoms with Crippen molar-refractivity contribution in [3.63, 3.8) is 0 Å². The van der Waals surface area contributed by atoms with Crippen LogP contribution in [0.5, 0.6) is 0 Å². The Hall–Kier alpha value is 0.1000. The van der Waals surface area contributed by atoms with Crippen LogP contribution in [-0.2, 0) is 14.1 Å². The van der Waals surface area contributed by atoms with Crippen LogP contribution in [0, 0.1) is 0 Å². The van der Waals surface area contributed by atoms with Gasteiger partial charge in [-0.3, -0.25) is 9.36 Å². The molecule has 78 valence electrons. The van der Waals surface area contributed by atoms with Gasteiger partial charge in [0.05, 0.1) is 6.16 Å². The molecule has 0 radical (unpaired) electrons. The van der Waals surface area contributed by atoms with Gasteiger partial charge in [-0.1, -0.05) is 15.9 Å². The van der Waals surface area contributed by atoms with Crippen molar-refractivity contribution in [2.45, 2.75) is 18.2 Å². The molecule has 2 N–H and O–H groups in total. The lowest BCUT2D eigenvalue weighted by atomic mass is 10.2. The Bertz CT molecular complexity index is 228. The van der Waals surface area contributed by atoms with Gasteiger partial charge in [0, 0.05) is 0 Å². The number of rotatable bonds is 4. The number of carbonyl (C=O) groups is 1. The Labute approximate surface area is 84.8 Å². The fourth-order valence-electron chi connectivity index (χ4n) is 0.429. The zero-order valence-corrected chi connectivity index (χ0v) is 9.84. The van der Waals surface area contributed by atoms with E-state index in [4.69, 9.17) is 9.79 Å². The van der Waals surface area contributed by atoms with Crippen LogP contribution in [-0.4, -0.2) is 32.8 Å². The number of ether oxygens (including phenoxy) is 1. The number of halogens is 1. The molecule has 0 unspecified atom stereocenters. The highest BCUT2D eigenvalue weighted by atomic mass is 79.9. The Morgan fingerprint density at radius 2 is 2.00 bits per heavy atom. The highest BCUT2D eigenvalue weighted by Crippen LogP contribution is 2.33. The van der Waals surface area contributed by atoms with Crippen molar-refractivity contribution in [3.05, 3.63) is 0 Å². The molecule has 0 aliphatic heterocycles. The summed E-state index contributed by atoms with van der Waals surface area (Å²) in [7, 11) is -4.07. The van der Waals surface area contributed by atoms with Crippen LogP contribution >= 0.6 is 23.5 Å². The van der Waals surface area contributed by atoms with E-state index in [9.17, 15) is 9.36 Å². The zero-order valence-electron chi connectivity index (χ0n) is 7.36. The summed E-state index contributed by atoms with van der Waals surface area (Å²) in [4.78, 5) is 27.9. The highest BCUT2D eigenvalue weighted by Gasteiger charge is 2.26. The largest absolute Gasteiger partial charge is 0.464 e. The van der Waals surface area contributed by atoms with Gasteiger partial charge in [0.1, 0.15) is 10.9 Å². The first-order valence-electron chi connectivity index (χ1n) is 3.53. The maximum Gasteiger partial charge on any atom is 0.328 e. The van der Waals surface area contributed by atoms with Crippen molar-refractivity contribution >= 4 is 29.5 Å². The van der Waals surface area contributed by atoms with Crippen LogP contribution in [0.1, 0.15) is 13.8 Å². The summed E-state index contributed by atoms with van der Waals surface area (Å²) in [5.41, 5.74) is 0. The second-order valence-corrected chi connectivity index (χ2v) is 6.76. The van der Waals surface area contributed by atoms with Gasteiger partial charge >= 0.3 is 13.6 Å². The second kappa shape index (κ2) is 4.55. The summed E-state index contributed by atoms with van der Waals surface area (Å²) >= 11 is 3.06. The third-order valence-corrected chi connectivity index (χ3v) is 2.19. The molecule has 0 bridgehead atoms. The standard InChI is InChI=1S/C6H12BrO5P/c1-6(2,7)5(8)12-3-4-13(9,10)11/h3-4H2,1-2H3,(H2,9,10,11). The van der Waals surface area contributed by atoms with Crippen LogP contribution in [0.3, 0.4) is 0 Å². The first-order chi connectivity index (χ1) is 5.63. The molecular weight excluding hydrogens is 263 g/mol. The molecule has 13 heavy (non-hydrogen) atoms. The van der Waals surface area contributed by atoms with Crippen molar-refractivity contribution in [2.75, 3.05) is 12.8 Å². The molecule has 0 heterocycles. The third-order valence-electron chi connectivity index (χ3n) is 1.10. The van der Waals surface area contributed by atoms with Crippen LogP contribution in [0.25, 0.3) is 0 Å². The van der Waals surface area contributed by atoms with Crippen molar-refractivity contribution in [3.8, 4) is 0 Å². The SMILES string of the molecule is CC(C)(Br)C(=O)OCCP(=O)(O)O. The van der Waals surface area contributed by atoms with E-state index >= 15 is 0 Å². The second-order valence-electron chi connectivity index (χ2n) is 3.00. The summed E-state index contributed by atoms with van der Waals surface area (Å²) in [5.74, 6) is -0.541. The van der Waals surface area contributed by atoms with Gasteiger partial charge in [0.25, 0.3) is 0 Å². The molecule has 0 aliphatic carbocycles. The van der Waals surface area contributed by atoms with E-state index in [1.54, 1.807) is 13.8 Å². The molecule has 0 aromatic heterocycles. The smallest absolute Gasteiger partial charge is 0.328 e. The molecule has 0 aliphatic rings. The number of hydrogen-bond acceptors (Lipinski definition) is 3. The maximum absolute atomic E-state index is 11.0. The van der Waals surface area contributed by atoms with Crippen molar-refractivity contribution in [2.24, 2.45) is 0 Å². The van der Waals surface area contributed by atoms with Crippen molar-refractivity contribution in [1.29, 1.82) is 0 Å². The van der Waals surface area contributed by atoms with Crippen LogP contribution in [0.15, 0.2) is 0 Å². The number of esters is 1. The Balaban J connectivity index is 3.80. The van der Waals surface area contributed by atoms with Gasteiger partial charge < -0.3 is 14.5 Å². The van der Waals surface area contributed by atoms with Gasteiger partial charge in [-0.2, -0.15) is 0 Å². The monoisotopic (exact) mass is 274 g/mol. The lowest BCUT2D eigenvalue weighted by Gasteiger charge is -2.14. The van der Waals surface area contributed by atoms with Gasteiger partial charge in [0.15, 0.2) is 0 Å². The fraction of sp³-hybridized carbons (Fsp3) is 0.833. The molecule has 0 saturated heterocycles.